The Bertz CT molecular complexity index is 417. The fourth-order valence-corrected chi connectivity index (χ4v) is 2.73. The SMILES string of the molecule is Cc1ccccc1CN1CCCC1CCC(=O)O. The molecule has 1 N–H and O–H groups in total. The molecule has 1 unspecified atom stereocenters. The second kappa shape index (κ2) is 6.01. The lowest BCUT2D eigenvalue weighted by Gasteiger charge is -2.24. The molecule has 0 radical (unpaired) electrons. The monoisotopic (exact) mass is 247 g/mol. The third-order valence-corrected chi connectivity index (χ3v) is 3.83. The van der Waals surface area contributed by atoms with Crippen LogP contribution >= 0.6 is 0 Å². The lowest BCUT2D eigenvalue weighted by molar-refractivity contribution is -0.137. The molecule has 0 aliphatic carbocycles. The van der Waals surface area contributed by atoms with Crippen molar-refractivity contribution in [3.8, 4) is 0 Å². The van der Waals surface area contributed by atoms with E-state index >= 15 is 0 Å². The maximum atomic E-state index is 10.7. The summed E-state index contributed by atoms with van der Waals surface area (Å²) in [6.45, 7) is 4.19. The molecule has 18 heavy (non-hydrogen) atoms. The van der Waals surface area contributed by atoms with Gasteiger partial charge in [0.1, 0.15) is 0 Å². The Kier molecular flexibility index (Phi) is 4.37. The highest BCUT2D eigenvalue weighted by molar-refractivity contribution is 5.66. The standard InChI is InChI=1S/C15H21NO2/c1-12-5-2-3-6-13(12)11-16-10-4-7-14(16)8-9-15(17)18/h2-3,5-6,14H,4,7-11H2,1H3,(H,17,18). The van der Waals surface area contributed by atoms with Gasteiger partial charge in [-0.15, -0.1) is 0 Å². The van der Waals surface area contributed by atoms with Crippen LogP contribution in [0.1, 0.15) is 36.8 Å². The van der Waals surface area contributed by atoms with E-state index in [0.29, 0.717) is 6.04 Å². The largest absolute Gasteiger partial charge is 0.481 e. The zero-order chi connectivity index (χ0) is 13.0. The van der Waals surface area contributed by atoms with Gasteiger partial charge < -0.3 is 5.11 Å². The summed E-state index contributed by atoms with van der Waals surface area (Å²) in [6, 6.07) is 8.88. The van der Waals surface area contributed by atoms with E-state index in [-0.39, 0.29) is 6.42 Å². The Balaban J connectivity index is 1.95. The van der Waals surface area contributed by atoms with Crippen molar-refractivity contribution in [2.45, 2.75) is 45.2 Å². The Morgan fingerprint density at radius 3 is 2.94 bits per heavy atom. The number of likely N-dealkylation sites (tertiary alicyclic amines) is 1. The van der Waals surface area contributed by atoms with Crippen molar-refractivity contribution in [3.63, 3.8) is 0 Å². The Labute approximate surface area is 108 Å². The number of hydrogen-bond donors (Lipinski definition) is 1. The van der Waals surface area contributed by atoms with Crippen LogP contribution in [0.25, 0.3) is 0 Å². The van der Waals surface area contributed by atoms with Crippen LogP contribution in [0, 0.1) is 6.92 Å². The van der Waals surface area contributed by atoms with E-state index in [2.05, 4.69) is 36.1 Å². The number of carboxylic acid groups (broad SMARTS) is 1. The minimum absolute atomic E-state index is 0.287. The average Bonchev–Trinajstić information content (AvgIpc) is 2.77. The van der Waals surface area contributed by atoms with Crippen LogP contribution in [-0.4, -0.2) is 28.6 Å². The molecule has 3 nitrogen and oxygen atoms in total. The number of rotatable bonds is 5. The van der Waals surface area contributed by atoms with Gasteiger partial charge in [0.25, 0.3) is 0 Å². The molecule has 0 spiro atoms. The fourth-order valence-electron chi connectivity index (χ4n) is 2.73. The van der Waals surface area contributed by atoms with Gasteiger partial charge in [0.05, 0.1) is 0 Å². The summed E-state index contributed by atoms with van der Waals surface area (Å²) >= 11 is 0. The summed E-state index contributed by atoms with van der Waals surface area (Å²) in [7, 11) is 0. The van der Waals surface area contributed by atoms with E-state index in [4.69, 9.17) is 5.11 Å². The summed E-state index contributed by atoms with van der Waals surface area (Å²) in [5.74, 6) is -0.683. The van der Waals surface area contributed by atoms with Crippen LogP contribution in [0.15, 0.2) is 24.3 Å². The predicted octanol–water partition coefficient (Wildman–Crippen LogP) is 2.82. The van der Waals surface area contributed by atoms with Crippen molar-refractivity contribution in [2.75, 3.05) is 6.54 Å². The third kappa shape index (κ3) is 3.33. The van der Waals surface area contributed by atoms with Gasteiger partial charge in [0, 0.05) is 19.0 Å². The highest BCUT2D eigenvalue weighted by Crippen LogP contribution is 2.24. The van der Waals surface area contributed by atoms with Crippen LogP contribution in [0.4, 0.5) is 0 Å². The molecule has 0 aromatic heterocycles. The molecular weight excluding hydrogens is 226 g/mol. The van der Waals surface area contributed by atoms with Crippen LogP contribution in [0.3, 0.4) is 0 Å². The average molecular weight is 247 g/mol. The molecule has 2 rings (SSSR count). The number of nitrogens with zero attached hydrogens (tertiary/aromatic N) is 1. The fraction of sp³-hybridized carbons (Fsp3) is 0.533. The normalized spacial score (nSPS) is 20.2. The lowest BCUT2D eigenvalue weighted by atomic mass is 10.1. The van der Waals surface area contributed by atoms with Crippen LogP contribution in [0.5, 0.6) is 0 Å². The Hall–Kier alpha value is -1.35. The van der Waals surface area contributed by atoms with Crippen molar-refractivity contribution in [1.82, 2.24) is 4.90 Å². The summed E-state index contributed by atoms with van der Waals surface area (Å²) in [6.07, 6.45) is 3.39. The van der Waals surface area contributed by atoms with Gasteiger partial charge >= 0.3 is 5.97 Å². The van der Waals surface area contributed by atoms with Gasteiger partial charge in [0.2, 0.25) is 0 Å². The molecule has 3 heteroatoms. The quantitative estimate of drug-likeness (QED) is 0.869. The van der Waals surface area contributed by atoms with Gasteiger partial charge in [0.15, 0.2) is 0 Å². The van der Waals surface area contributed by atoms with Crippen molar-refractivity contribution in [3.05, 3.63) is 35.4 Å². The van der Waals surface area contributed by atoms with Gasteiger partial charge in [-0.2, -0.15) is 0 Å². The lowest BCUT2D eigenvalue weighted by Crippen LogP contribution is -2.29. The third-order valence-electron chi connectivity index (χ3n) is 3.83. The van der Waals surface area contributed by atoms with E-state index in [1.807, 2.05) is 0 Å². The van der Waals surface area contributed by atoms with E-state index < -0.39 is 5.97 Å². The van der Waals surface area contributed by atoms with Gasteiger partial charge in [-0.1, -0.05) is 24.3 Å². The molecule has 1 aliphatic rings. The Morgan fingerprint density at radius 1 is 1.44 bits per heavy atom. The summed E-state index contributed by atoms with van der Waals surface area (Å²) in [4.78, 5) is 13.1. The maximum absolute atomic E-state index is 10.7. The molecule has 1 fully saturated rings. The zero-order valence-electron chi connectivity index (χ0n) is 10.9. The number of carboxylic acids is 1. The second-order valence-electron chi connectivity index (χ2n) is 5.13. The van der Waals surface area contributed by atoms with Crippen LogP contribution in [-0.2, 0) is 11.3 Å². The zero-order valence-corrected chi connectivity index (χ0v) is 10.9. The summed E-state index contributed by atoms with van der Waals surface area (Å²) in [5, 5.41) is 8.78. The van der Waals surface area contributed by atoms with Crippen LogP contribution < -0.4 is 0 Å². The molecule has 1 atom stereocenters. The minimum Gasteiger partial charge on any atom is -0.481 e. The van der Waals surface area contributed by atoms with Crippen LogP contribution in [0.2, 0.25) is 0 Å². The van der Waals surface area contributed by atoms with E-state index in [1.165, 1.54) is 17.5 Å². The van der Waals surface area contributed by atoms with Crippen molar-refractivity contribution >= 4 is 5.97 Å². The van der Waals surface area contributed by atoms with Crippen molar-refractivity contribution < 1.29 is 9.90 Å². The molecule has 1 saturated heterocycles. The first kappa shape index (κ1) is 13.1. The number of carbonyl (C=O) groups is 1. The molecule has 1 aromatic carbocycles. The minimum atomic E-state index is -0.683. The smallest absolute Gasteiger partial charge is 0.303 e. The van der Waals surface area contributed by atoms with Crippen molar-refractivity contribution in [2.24, 2.45) is 0 Å². The molecular formula is C15H21NO2. The molecule has 0 bridgehead atoms. The topological polar surface area (TPSA) is 40.5 Å². The summed E-state index contributed by atoms with van der Waals surface area (Å²) in [5.41, 5.74) is 2.68. The molecule has 98 valence electrons. The molecule has 1 aliphatic heterocycles. The summed E-state index contributed by atoms with van der Waals surface area (Å²) < 4.78 is 0. The van der Waals surface area contributed by atoms with Gasteiger partial charge in [-0.3, -0.25) is 9.69 Å². The number of hydrogen-bond acceptors (Lipinski definition) is 2. The predicted molar refractivity (Wildman–Crippen MR) is 71.5 cm³/mol. The Morgan fingerprint density at radius 2 is 2.22 bits per heavy atom. The second-order valence-corrected chi connectivity index (χ2v) is 5.13. The number of benzene rings is 1. The van der Waals surface area contributed by atoms with Gasteiger partial charge in [-0.25, -0.2) is 0 Å². The van der Waals surface area contributed by atoms with Crippen molar-refractivity contribution in [1.29, 1.82) is 0 Å². The highest BCUT2D eigenvalue weighted by Gasteiger charge is 2.24. The van der Waals surface area contributed by atoms with Gasteiger partial charge in [-0.05, 0) is 43.9 Å². The first-order valence-electron chi connectivity index (χ1n) is 6.67. The highest BCUT2D eigenvalue weighted by atomic mass is 16.4. The van der Waals surface area contributed by atoms with E-state index in [0.717, 1.165) is 25.9 Å². The molecule has 0 saturated carbocycles. The first-order valence-corrected chi connectivity index (χ1v) is 6.67. The first-order chi connectivity index (χ1) is 8.66. The van der Waals surface area contributed by atoms with E-state index in [9.17, 15) is 4.79 Å². The molecule has 1 heterocycles. The molecule has 1 aromatic rings. The maximum Gasteiger partial charge on any atom is 0.303 e. The number of aliphatic carboxylic acids is 1. The van der Waals surface area contributed by atoms with E-state index in [1.54, 1.807) is 0 Å². The molecule has 0 amide bonds. The number of aryl methyl sites for hydroxylation is 1.